The molecule has 4 rings (SSSR count). The van der Waals surface area contributed by atoms with Crippen molar-refractivity contribution < 1.29 is 17.9 Å². The van der Waals surface area contributed by atoms with Gasteiger partial charge in [-0.15, -0.1) is 0 Å². The zero-order valence-electron chi connectivity index (χ0n) is 16.7. The van der Waals surface area contributed by atoms with Crippen LogP contribution in [0.3, 0.4) is 0 Å². The van der Waals surface area contributed by atoms with Crippen molar-refractivity contribution >= 4 is 16.3 Å². The molecule has 5 heteroatoms. The minimum absolute atomic E-state index is 0.244. The number of fused-ring (bicyclic) bond motifs is 1. The molecular formula is C25H24F3NO. The Balaban J connectivity index is 1.87. The number of hydrogen-bond donors (Lipinski definition) is 0. The van der Waals surface area contributed by atoms with Gasteiger partial charge in [-0.1, -0.05) is 72.8 Å². The van der Waals surface area contributed by atoms with Gasteiger partial charge in [0.1, 0.15) is 5.70 Å². The van der Waals surface area contributed by atoms with Gasteiger partial charge in [-0.2, -0.15) is 13.2 Å². The molecule has 0 saturated carbocycles. The average molecular weight is 411 g/mol. The van der Waals surface area contributed by atoms with Crippen molar-refractivity contribution in [3.05, 3.63) is 89.6 Å². The second-order valence-electron chi connectivity index (χ2n) is 7.44. The lowest BCUT2D eigenvalue weighted by Crippen LogP contribution is -2.41. The lowest BCUT2D eigenvalue weighted by molar-refractivity contribution is -0.117. The number of nitrogens with zero attached hydrogens (tertiary/aromatic N) is 1. The third-order valence-corrected chi connectivity index (χ3v) is 5.50. The SMILES string of the molecule is FC(F)(F)/C(=C(/CCc1ccccc1)c1cccc2ccccc12)N1CCOCC1. The summed E-state index contributed by atoms with van der Waals surface area (Å²) >= 11 is 0. The van der Waals surface area contributed by atoms with Crippen molar-refractivity contribution in [3.63, 3.8) is 0 Å². The van der Waals surface area contributed by atoms with Crippen molar-refractivity contribution in [2.45, 2.75) is 19.0 Å². The van der Waals surface area contributed by atoms with E-state index in [1.165, 1.54) is 4.90 Å². The van der Waals surface area contributed by atoms with Gasteiger partial charge in [0.15, 0.2) is 0 Å². The van der Waals surface area contributed by atoms with Crippen LogP contribution in [0.15, 0.2) is 78.5 Å². The Morgan fingerprint density at radius 2 is 1.50 bits per heavy atom. The van der Waals surface area contributed by atoms with E-state index in [1.54, 1.807) is 0 Å². The molecule has 156 valence electrons. The minimum atomic E-state index is -4.44. The normalized spacial score (nSPS) is 15.9. The molecular weight excluding hydrogens is 387 g/mol. The first-order valence-electron chi connectivity index (χ1n) is 10.2. The number of morpholine rings is 1. The van der Waals surface area contributed by atoms with E-state index in [9.17, 15) is 13.2 Å². The van der Waals surface area contributed by atoms with Crippen LogP contribution in [-0.2, 0) is 11.2 Å². The molecule has 1 aliphatic rings. The second kappa shape index (κ2) is 8.92. The Morgan fingerprint density at radius 1 is 0.833 bits per heavy atom. The summed E-state index contributed by atoms with van der Waals surface area (Å²) in [5.41, 5.74) is 1.50. The highest BCUT2D eigenvalue weighted by molar-refractivity contribution is 5.94. The van der Waals surface area contributed by atoms with Crippen molar-refractivity contribution in [2.75, 3.05) is 26.3 Å². The maximum atomic E-state index is 14.4. The van der Waals surface area contributed by atoms with Gasteiger partial charge < -0.3 is 9.64 Å². The predicted octanol–water partition coefficient (Wildman–Crippen LogP) is 6.08. The van der Waals surface area contributed by atoms with E-state index in [2.05, 4.69) is 0 Å². The summed E-state index contributed by atoms with van der Waals surface area (Å²) in [4.78, 5) is 1.45. The summed E-state index contributed by atoms with van der Waals surface area (Å²) in [6.07, 6.45) is -3.59. The number of halogens is 3. The molecule has 2 nitrogen and oxygen atoms in total. The van der Waals surface area contributed by atoms with Crippen LogP contribution in [-0.4, -0.2) is 37.4 Å². The third-order valence-electron chi connectivity index (χ3n) is 5.50. The molecule has 1 aliphatic heterocycles. The quantitative estimate of drug-likeness (QED) is 0.505. The molecule has 0 radical (unpaired) electrons. The average Bonchev–Trinajstić information content (AvgIpc) is 2.77. The van der Waals surface area contributed by atoms with Crippen LogP contribution in [0, 0.1) is 0 Å². The molecule has 1 saturated heterocycles. The number of benzene rings is 3. The highest BCUT2D eigenvalue weighted by Gasteiger charge is 2.41. The fourth-order valence-corrected chi connectivity index (χ4v) is 4.11. The van der Waals surface area contributed by atoms with Crippen LogP contribution < -0.4 is 0 Å². The van der Waals surface area contributed by atoms with Gasteiger partial charge in [0.25, 0.3) is 0 Å². The molecule has 0 N–H and O–H groups in total. The Morgan fingerprint density at radius 3 is 2.23 bits per heavy atom. The monoisotopic (exact) mass is 411 g/mol. The highest BCUT2D eigenvalue weighted by atomic mass is 19.4. The summed E-state index contributed by atoms with van der Waals surface area (Å²) in [5, 5.41) is 1.79. The maximum absolute atomic E-state index is 14.4. The van der Waals surface area contributed by atoms with E-state index in [-0.39, 0.29) is 13.1 Å². The first-order chi connectivity index (χ1) is 14.5. The molecule has 0 aromatic heterocycles. The zero-order valence-corrected chi connectivity index (χ0v) is 16.7. The highest BCUT2D eigenvalue weighted by Crippen LogP contribution is 2.39. The number of aryl methyl sites for hydroxylation is 1. The number of rotatable bonds is 5. The Labute approximate surface area is 174 Å². The standard InChI is InChI=1S/C25H24F3NO/c26-25(27,28)24(29-15-17-30-18-16-29)23(14-13-19-7-2-1-3-8-19)22-12-6-10-20-9-4-5-11-21(20)22/h1-12H,13-18H2/b24-23+. The van der Waals surface area contributed by atoms with Gasteiger partial charge in [-0.3, -0.25) is 0 Å². The molecule has 0 atom stereocenters. The first-order valence-corrected chi connectivity index (χ1v) is 10.2. The number of alkyl halides is 3. The lowest BCUT2D eigenvalue weighted by atomic mass is 9.91. The molecule has 0 aliphatic carbocycles. The molecule has 0 unspecified atom stereocenters. The van der Waals surface area contributed by atoms with Crippen molar-refractivity contribution in [1.82, 2.24) is 4.90 Å². The number of ether oxygens (including phenoxy) is 1. The summed E-state index contributed by atoms with van der Waals surface area (Å²) in [7, 11) is 0. The van der Waals surface area contributed by atoms with E-state index in [1.807, 2.05) is 72.8 Å². The molecule has 0 spiro atoms. The number of hydrogen-bond acceptors (Lipinski definition) is 2. The fraction of sp³-hybridized carbons (Fsp3) is 0.280. The molecule has 3 aromatic carbocycles. The second-order valence-corrected chi connectivity index (χ2v) is 7.44. The summed E-state index contributed by atoms with van der Waals surface area (Å²) in [5.74, 6) is 0. The fourth-order valence-electron chi connectivity index (χ4n) is 4.11. The van der Waals surface area contributed by atoms with Gasteiger partial charge in [0, 0.05) is 13.1 Å². The van der Waals surface area contributed by atoms with Crippen molar-refractivity contribution in [2.24, 2.45) is 0 Å². The first kappa shape index (κ1) is 20.5. The van der Waals surface area contributed by atoms with E-state index in [0.29, 0.717) is 37.2 Å². The van der Waals surface area contributed by atoms with Crippen LogP contribution in [0.5, 0.6) is 0 Å². The molecule has 0 amide bonds. The van der Waals surface area contributed by atoms with E-state index in [4.69, 9.17) is 4.74 Å². The van der Waals surface area contributed by atoms with Gasteiger partial charge in [0.05, 0.1) is 13.2 Å². The Hall–Kier alpha value is -2.79. The van der Waals surface area contributed by atoms with E-state index in [0.717, 1.165) is 16.3 Å². The summed E-state index contributed by atoms with van der Waals surface area (Å²) in [6.45, 7) is 1.10. The van der Waals surface area contributed by atoms with Gasteiger partial charge >= 0.3 is 6.18 Å². The predicted molar refractivity (Wildman–Crippen MR) is 114 cm³/mol. The molecule has 0 bridgehead atoms. The molecule has 30 heavy (non-hydrogen) atoms. The minimum Gasteiger partial charge on any atom is -0.378 e. The van der Waals surface area contributed by atoms with Crippen LogP contribution >= 0.6 is 0 Å². The molecule has 1 fully saturated rings. The Kier molecular flexibility index (Phi) is 6.09. The van der Waals surface area contributed by atoms with Crippen molar-refractivity contribution in [3.8, 4) is 0 Å². The Bertz CT molecular complexity index is 1020. The van der Waals surface area contributed by atoms with Crippen LogP contribution in [0.4, 0.5) is 13.2 Å². The summed E-state index contributed by atoms with van der Waals surface area (Å²) in [6, 6.07) is 22.9. The smallest absolute Gasteiger partial charge is 0.378 e. The van der Waals surface area contributed by atoms with Crippen LogP contribution in [0.25, 0.3) is 16.3 Å². The van der Waals surface area contributed by atoms with Crippen molar-refractivity contribution in [1.29, 1.82) is 0 Å². The molecule has 3 aromatic rings. The lowest BCUT2D eigenvalue weighted by Gasteiger charge is -2.34. The zero-order chi connectivity index (χ0) is 21.0. The van der Waals surface area contributed by atoms with Crippen LogP contribution in [0.1, 0.15) is 17.5 Å². The topological polar surface area (TPSA) is 12.5 Å². The third kappa shape index (κ3) is 4.51. The van der Waals surface area contributed by atoms with E-state index < -0.39 is 11.9 Å². The largest absolute Gasteiger partial charge is 0.431 e. The van der Waals surface area contributed by atoms with E-state index >= 15 is 0 Å². The van der Waals surface area contributed by atoms with Gasteiger partial charge in [0.2, 0.25) is 0 Å². The van der Waals surface area contributed by atoms with Gasteiger partial charge in [-0.05, 0) is 40.3 Å². The molecule has 1 heterocycles. The maximum Gasteiger partial charge on any atom is 0.431 e. The number of allylic oxidation sites excluding steroid dienone is 2. The van der Waals surface area contributed by atoms with Gasteiger partial charge in [-0.25, -0.2) is 0 Å². The van der Waals surface area contributed by atoms with Crippen LogP contribution in [0.2, 0.25) is 0 Å². The summed E-state index contributed by atoms with van der Waals surface area (Å²) < 4.78 is 48.6.